The van der Waals surface area contributed by atoms with Crippen LogP contribution in [-0.4, -0.2) is 9.97 Å². The van der Waals surface area contributed by atoms with Crippen LogP contribution in [0.25, 0.3) is 0 Å². The molecule has 0 bridgehead atoms. The van der Waals surface area contributed by atoms with Crippen LogP contribution in [0.1, 0.15) is 32.0 Å². The second kappa shape index (κ2) is 7.38. The van der Waals surface area contributed by atoms with Crippen LogP contribution in [0.5, 0.6) is 11.6 Å². The highest BCUT2D eigenvalue weighted by atomic mass is 32.1. The van der Waals surface area contributed by atoms with Gasteiger partial charge >= 0.3 is 6.18 Å². The van der Waals surface area contributed by atoms with Crippen LogP contribution < -0.4 is 10.1 Å². The molecule has 28 heavy (non-hydrogen) atoms. The van der Waals surface area contributed by atoms with Gasteiger partial charge in [0.05, 0.1) is 0 Å². The summed E-state index contributed by atoms with van der Waals surface area (Å²) in [5.74, 6) is -0.393. The van der Waals surface area contributed by atoms with Gasteiger partial charge in [0, 0.05) is 10.9 Å². The third-order valence-corrected chi connectivity index (χ3v) is 4.52. The molecule has 0 saturated carbocycles. The summed E-state index contributed by atoms with van der Waals surface area (Å²) in [5.41, 5.74) is -0.168. The van der Waals surface area contributed by atoms with E-state index in [1.54, 1.807) is 12.1 Å². The summed E-state index contributed by atoms with van der Waals surface area (Å²) in [6, 6.07) is 9.67. The van der Waals surface area contributed by atoms with Crippen LogP contribution in [0.3, 0.4) is 0 Å². The molecule has 4 nitrogen and oxygen atoms in total. The number of pyridine rings is 1. The molecule has 3 aromatic rings. The number of anilines is 2. The number of benzene rings is 1. The van der Waals surface area contributed by atoms with E-state index in [-0.39, 0.29) is 22.1 Å². The number of nitrogens with one attached hydrogen (secondary N) is 1. The van der Waals surface area contributed by atoms with Crippen molar-refractivity contribution in [2.75, 3.05) is 5.32 Å². The molecule has 0 amide bonds. The van der Waals surface area contributed by atoms with Crippen molar-refractivity contribution in [2.24, 2.45) is 0 Å². The second-order valence-corrected chi connectivity index (χ2v) is 7.85. The van der Waals surface area contributed by atoms with Gasteiger partial charge in [0.1, 0.15) is 11.4 Å². The van der Waals surface area contributed by atoms with Crippen LogP contribution in [0.4, 0.5) is 28.4 Å². The van der Waals surface area contributed by atoms with E-state index >= 15 is 0 Å². The Morgan fingerprint density at radius 3 is 2.36 bits per heavy atom. The molecule has 0 unspecified atom stereocenters. The van der Waals surface area contributed by atoms with Crippen LogP contribution in [-0.2, 0) is 11.6 Å². The molecule has 1 aromatic carbocycles. The number of aromatic nitrogens is 2. The maximum Gasteiger partial charge on any atom is 0.434 e. The van der Waals surface area contributed by atoms with Gasteiger partial charge in [0.25, 0.3) is 0 Å². The number of hydrogen-bond acceptors (Lipinski definition) is 5. The Morgan fingerprint density at radius 2 is 1.71 bits per heavy atom. The van der Waals surface area contributed by atoms with Gasteiger partial charge in [-0.25, -0.2) is 4.98 Å². The summed E-state index contributed by atoms with van der Waals surface area (Å²) in [7, 11) is 0. The van der Waals surface area contributed by atoms with Gasteiger partial charge in [-0.05, 0) is 23.6 Å². The van der Waals surface area contributed by atoms with E-state index in [0.717, 1.165) is 28.3 Å². The lowest BCUT2D eigenvalue weighted by atomic mass is 9.86. The zero-order valence-electron chi connectivity index (χ0n) is 15.3. The van der Waals surface area contributed by atoms with Crippen LogP contribution >= 0.6 is 11.3 Å². The van der Waals surface area contributed by atoms with Gasteiger partial charge in [0.2, 0.25) is 11.8 Å². The highest BCUT2D eigenvalue weighted by Crippen LogP contribution is 2.38. The minimum Gasteiger partial charge on any atom is -0.437 e. The minimum atomic E-state index is -4.54. The Kier molecular flexibility index (Phi) is 5.29. The van der Waals surface area contributed by atoms with Crippen molar-refractivity contribution in [1.82, 2.24) is 9.97 Å². The SMILES string of the molecule is CC(C)(C)c1ccccc1Oc1nc([18F])ccc1Nc1nc(C(F)(F)F)cs1. The molecular formula is C19H17F4N3OS. The topological polar surface area (TPSA) is 47.0 Å². The number of halogens is 4. The second-order valence-electron chi connectivity index (χ2n) is 7.00. The van der Waals surface area contributed by atoms with Gasteiger partial charge in [-0.15, -0.1) is 11.3 Å². The average Bonchev–Trinajstić information content (AvgIpc) is 3.06. The summed E-state index contributed by atoms with van der Waals surface area (Å²) in [6.07, 6.45) is -4.54. The van der Waals surface area contributed by atoms with Gasteiger partial charge in [0.15, 0.2) is 10.8 Å². The van der Waals surface area contributed by atoms with E-state index < -0.39 is 17.8 Å². The molecule has 2 aromatic heterocycles. The normalized spacial score (nSPS) is 12.1. The lowest BCUT2D eigenvalue weighted by Crippen LogP contribution is -2.12. The summed E-state index contributed by atoms with van der Waals surface area (Å²) < 4.78 is 57.8. The monoisotopic (exact) mass is 410 g/mol. The highest BCUT2D eigenvalue weighted by Gasteiger charge is 2.33. The van der Waals surface area contributed by atoms with E-state index in [1.807, 2.05) is 32.9 Å². The van der Waals surface area contributed by atoms with Crippen molar-refractivity contribution in [1.29, 1.82) is 0 Å². The zero-order valence-corrected chi connectivity index (χ0v) is 16.1. The molecule has 0 spiro atoms. The summed E-state index contributed by atoms with van der Waals surface area (Å²) in [6.45, 7) is 6.00. The molecule has 9 heteroatoms. The zero-order chi connectivity index (χ0) is 20.5. The van der Waals surface area contributed by atoms with E-state index in [0.29, 0.717) is 5.75 Å². The summed E-state index contributed by atoms with van der Waals surface area (Å²) in [4.78, 5) is 7.26. The van der Waals surface area contributed by atoms with Crippen molar-refractivity contribution in [2.45, 2.75) is 32.4 Å². The molecule has 0 aliphatic rings. The standard InChI is InChI=1S/C19H17F4N3OS/c1-18(2,3)11-6-4-5-7-13(11)27-16-12(8-9-15(20)26-16)24-17-25-14(10-28-17)19(21,22)23/h4-10H,1-3H3,(H,24,25)/i20-1. The predicted octanol–water partition coefficient (Wildman–Crippen LogP) is 6.53. The molecule has 0 aliphatic heterocycles. The van der Waals surface area contributed by atoms with Crippen LogP contribution in [0, 0.1) is 5.95 Å². The van der Waals surface area contributed by atoms with Crippen molar-refractivity contribution >= 4 is 22.2 Å². The number of ether oxygens (including phenoxy) is 1. The first-order chi connectivity index (χ1) is 13.0. The molecule has 1 N–H and O–H groups in total. The minimum absolute atomic E-state index is 0.00492. The summed E-state index contributed by atoms with van der Waals surface area (Å²) in [5, 5.41) is 3.62. The number of rotatable bonds is 4. The van der Waals surface area contributed by atoms with E-state index in [4.69, 9.17) is 4.74 Å². The highest BCUT2D eigenvalue weighted by molar-refractivity contribution is 7.13. The van der Waals surface area contributed by atoms with Gasteiger partial charge in [-0.3, -0.25) is 0 Å². The Labute approximate surface area is 163 Å². The van der Waals surface area contributed by atoms with E-state index in [2.05, 4.69) is 15.3 Å². The molecule has 0 atom stereocenters. The third-order valence-electron chi connectivity index (χ3n) is 3.76. The molecule has 148 valence electrons. The predicted molar refractivity (Wildman–Crippen MR) is 99.8 cm³/mol. The van der Waals surface area contributed by atoms with Crippen molar-refractivity contribution in [3.63, 3.8) is 0 Å². The van der Waals surface area contributed by atoms with Crippen LogP contribution in [0.2, 0.25) is 0 Å². The molecule has 0 radical (unpaired) electrons. The largest absolute Gasteiger partial charge is 0.437 e. The Hall–Kier alpha value is -2.68. The molecule has 0 fully saturated rings. The lowest BCUT2D eigenvalue weighted by molar-refractivity contribution is -0.140. The number of thiazole rings is 1. The lowest BCUT2D eigenvalue weighted by Gasteiger charge is -2.22. The number of nitrogens with zero attached hydrogens (tertiary/aromatic N) is 2. The third kappa shape index (κ3) is 4.59. The van der Waals surface area contributed by atoms with Crippen LogP contribution in [0.15, 0.2) is 41.8 Å². The molecule has 3 rings (SSSR count). The first kappa shape index (κ1) is 20.1. The quantitative estimate of drug-likeness (QED) is 0.392. The average molecular weight is 410 g/mol. The van der Waals surface area contributed by atoms with E-state index in [1.165, 1.54) is 6.07 Å². The fourth-order valence-corrected chi connectivity index (χ4v) is 3.18. The maximum atomic E-state index is 13.7. The van der Waals surface area contributed by atoms with Gasteiger partial charge in [-0.1, -0.05) is 39.0 Å². The number of para-hydroxylation sites is 1. The van der Waals surface area contributed by atoms with Crippen molar-refractivity contribution in [3.8, 4) is 11.6 Å². The Morgan fingerprint density at radius 1 is 1.00 bits per heavy atom. The Balaban J connectivity index is 1.94. The Bertz CT molecular complexity index is 980. The van der Waals surface area contributed by atoms with E-state index in [9.17, 15) is 17.6 Å². The fraction of sp³-hybridized carbons (Fsp3) is 0.263. The first-order valence-corrected chi connectivity index (χ1v) is 9.15. The van der Waals surface area contributed by atoms with Crippen molar-refractivity contribution < 1.29 is 22.3 Å². The number of hydrogen-bond donors (Lipinski definition) is 1. The molecule has 2 heterocycles. The number of alkyl halides is 3. The van der Waals surface area contributed by atoms with Gasteiger partial charge < -0.3 is 10.1 Å². The van der Waals surface area contributed by atoms with Gasteiger partial charge in [-0.2, -0.15) is 22.5 Å². The smallest absolute Gasteiger partial charge is 0.434 e. The fourth-order valence-electron chi connectivity index (χ4n) is 2.45. The summed E-state index contributed by atoms with van der Waals surface area (Å²) >= 11 is 0.779. The first-order valence-electron chi connectivity index (χ1n) is 8.28. The maximum absolute atomic E-state index is 13.7. The molecular weight excluding hydrogens is 393 g/mol. The molecule has 0 aliphatic carbocycles. The molecule has 0 saturated heterocycles. The van der Waals surface area contributed by atoms with Crippen molar-refractivity contribution in [3.05, 3.63) is 59.0 Å².